The van der Waals surface area contributed by atoms with Crippen molar-refractivity contribution in [2.45, 2.75) is 37.3 Å². The van der Waals surface area contributed by atoms with Crippen LogP contribution in [0.2, 0.25) is 0 Å². The molecule has 0 radical (unpaired) electrons. The number of likely N-dealkylation sites (tertiary alicyclic amines) is 1. The van der Waals surface area contributed by atoms with Crippen molar-refractivity contribution in [3.8, 4) is 5.75 Å². The van der Waals surface area contributed by atoms with E-state index in [2.05, 4.69) is 5.32 Å². The number of hydrogen-bond acceptors (Lipinski definition) is 10. The number of phenols is 1. The summed E-state index contributed by atoms with van der Waals surface area (Å²) in [5.41, 5.74) is 0.362. The van der Waals surface area contributed by atoms with Gasteiger partial charge in [0.2, 0.25) is 11.7 Å². The molecule has 222 valence electrons. The lowest BCUT2D eigenvalue weighted by molar-refractivity contribution is -0.153. The summed E-state index contributed by atoms with van der Waals surface area (Å²) in [5.74, 6) is -9.61. The number of aliphatic hydroxyl groups is 3. The summed E-state index contributed by atoms with van der Waals surface area (Å²) in [6, 6.07) is -0.292. The number of aromatic hydroxyl groups is 1. The second kappa shape index (κ2) is 10.7. The molecule has 0 aromatic heterocycles. The van der Waals surface area contributed by atoms with Gasteiger partial charge in [-0.25, -0.2) is 4.39 Å². The number of amides is 2. The third-order valence-corrected chi connectivity index (χ3v) is 8.51. The molecule has 1 aromatic rings. The predicted octanol–water partition coefficient (Wildman–Crippen LogP) is 0.559. The van der Waals surface area contributed by atoms with Gasteiger partial charge in [0.25, 0.3) is 5.91 Å². The second-order valence-electron chi connectivity index (χ2n) is 11.1. The summed E-state index contributed by atoms with van der Waals surface area (Å²) >= 11 is 0. The summed E-state index contributed by atoms with van der Waals surface area (Å²) in [4.78, 5) is 54.8. The van der Waals surface area contributed by atoms with E-state index in [4.69, 9.17) is 5.73 Å². The second-order valence-corrected chi connectivity index (χ2v) is 11.1. The Labute approximate surface area is 240 Å². The summed E-state index contributed by atoms with van der Waals surface area (Å²) in [7, 11) is 2.98. The maximum absolute atomic E-state index is 15.4. The van der Waals surface area contributed by atoms with Crippen LogP contribution in [0, 0.1) is 17.7 Å². The van der Waals surface area contributed by atoms with Crippen molar-refractivity contribution in [2.75, 3.05) is 39.0 Å². The van der Waals surface area contributed by atoms with E-state index in [1.54, 1.807) is 0 Å². The molecular formula is C27H32ClFN4O8. The maximum atomic E-state index is 15.4. The number of ketones is 2. The van der Waals surface area contributed by atoms with E-state index in [9.17, 15) is 39.6 Å². The van der Waals surface area contributed by atoms with Gasteiger partial charge in [0.1, 0.15) is 22.9 Å². The van der Waals surface area contributed by atoms with Crippen molar-refractivity contribution in [3.63, 3.8) is 0 Å². The number of primary amides is 1. The first-order chi connectivity index (χ1) is 18.8. The van der Waals surface area contributed by atoms with Crippen LogP contribution in [0.15, 0.2) is 23.0 Å². The molecule has 2 amide bonds. The zero-order valence-electron chi connectivity index (χ0n) is 22.4. The average molecular weight is 595 g/mol. The highest BCUT2D eigenvalue weighted by Gasteiger charge is 2.64. The first-order valence-corrected chi connectivity index (χ1v) is 13.0. The van der Waals surface area contributed by atoms with Gasteiger partial charge in [-0.2, -0.15) is 0 Å². The Morgan fingerprint density at radius 1 is 1.20 bits per heavy atom. The lowest BCUT2D eigenvalue weighted by Gasteiger charge is -2.50. The van der Waals surface area contributed by atoms with Gasteiger partial charge in [0, 0.05) is 23.1 Å². The van der Waals surface area contributed by atoms with E-state index in [-0.39, 0.29) is 43.0 Å². The van der Waals surface area contributed by atoms with E-state index in [0.29, 0.717) is 0 Å². The quantitative estimate of drug-likeness (QED) is 0.207. The molecule has 1 saturated heterocycles. The third-order valence-electron chi connectivity index (χ3n) is 8.51. The lowest BCUT2D eigenvalue weighted by Crippen LogP contribution is -2.65. The number of likely N-dealkylation sites (N-methyl/N-ethyl adjacent to an activating group) is 1. The number of nitrogens with one attached hydrogen (secondary N) is 1. The van der Waals surface area contributed by atoms with E-state index < -0.39 is 86.7 Å². The van der Waals surface area contributed by atoms with Crippen molar-refractivity contribution in [2.24, 2.45) is 17.6 Å². The first kappa shape index (κ1) is 30.4. The van der Waals surface area contributed by atoms with Crippen LogP contribution in [0.1, 0.15) is 30.4 Å². The number of nitrogens with zero attached hydrogens (tertiary/aromatic N) is 2. The molecular weight excluding hydrogens is 563 g/mol. The van der Waals surface area contributed by atoms with Crippen LogP contribution in [-0.4, -0.2) is 99.0 Å². The monoisotopic (exact) mass is 594 g/mol. The summed E-state index contributed by atoms with van der Waals surface area (Å²) in [6.07, 6.45) is 1.56. The van der Waals surface area contributed by atoms with Crippen molar-refractivity contribution < 1.29 is 44.0 Å². The molecule has 5 rings (SSSR count). The van der Waals surface area contributed by atoms with E-state index >= 15 is 4.39 Å². The molecule has 0 spiro atoms. The van der Waals surface area contributed by atoms with Gasteiger partial charge in [-0.05, 0) is 58.8 Å². The summed E-state index contributed by atoms with van der Waals surface area (Å²) in [5, 5.41) is 47.2. The number of carbonyl (C=O) groups is 4. The fourth-order valence-corrected chi connectivity index (χ4v) is 6.69. The zero-order chi connectivity index (χ0) is 29.3. The fraction of sp³-hybridized carbons (Fsp3) is 0.481. The molecule has 14 heteroatoms. The van der Waals surface area contributed by atoms with E-state index in [1.165, 1.54) is 19.0 Å². The Kier molecular flexibility index (Phi) is 7.95. The number of rotatable bonds is 5. The number of carbonyl (C=O) groups excluding carboxylic acids is 4. The predicted molar refractivity (Wildman–Crippen MR) is 146 cm³/mol. The van der Waals surface area contributed by atoms with Crippen LogP contribution in [0.4, 0.5) is 10.1 Å². The highest BCUT2D eigenvalue weighted by molar-refractivity contribution is 6.24. The van der Waals surface area contributed by atoms with Gasteiger partial charge >= 0.3 is 0 Å². The largest absolute Gasteiger partial charge is 0.508 e. The van der Waals surface area contributed by atoms with Crippen LogP contribution in [-0.2, 0) is 25.6 Å². The van der Waals surface area contributed by atoms with Crippen molar-refractivity contribution >= 4 is 47.2 Å². The zero-order valence-corrected chi connectivity index (χ0v) is 23.3. The number of halogens is 2. The Bertz CT molecular complexity index is 1420. The number of hydrogen-bond donors (Lipinski definition) is 6. The molecule has 0 unspecified atom stereocenters. The SMILES string of the molecule is CN(C)[C@@H]1C(=O)C(C(N)=O)=C(O)[C@@]2(O)C(=O)C3=C(O)c4c(O)c(NC(=O)CN5CCCC5)cc(F)c4C[C@H]3C[C@@H]12.Cl. The molecule has 1 aromatic carbocycles. The number of anilines is 1. The normalized spacial score (nSPS) is 27.8. The fourth-order valence-electron chi connectivity index (χ4n) is 6.69. The molecule has 41 heavy (non-hydrogen) atoms. The van der Waals surface area contributed by atoms with Crippen molar-refractivity contribution in [1.82, 2.24) is 9.80 Å². The highest BCUT2D eigenvalue weighted by Crippen LogP contribution is 2.53. The Hall–Kier alpha value is -3.52. The lowest BCUT2D eigenvalue weighted by atomic mass is 9.57. The van der Waals surface area contributed by atoms with Gasteiger partial charge in [-0.3, -0.25) is 29.0 Å². The Balaban J connectivity index is 0.00000387. The maximum Gasteiger partial charge on any atom is 0.255 e. The molecule has 3 aliphatic carbocycles. The number of fused-ring (bicyclic) bond motifs is 3. The molecule has 0 bridgehead atoms. The Morgan fingerprint density at radius 3 is 2.41 bits per heavy atom. The van der Waals surface area contributed by atoms with Crippen LogP contribution in [0.5, 0.6) is 5.75 Å². The number of aliphatic hydroxyl groups excluding tert-OH is 2. The van der Waals surface area contributed by atoms with Gasteiger partial charge < -0.3 is 31.5 Å². The number of benzene rings is 1. The molecule has 7 N–H and O–H groups in total. The molecule has 1 aliphatic heterocycles. The summed E-state index contributed by atoms with van der Waals surface area (Å²) in [6.45, 7) is 1.49. The van der Waals surface area contributed by atoms with E-state index in [0.717, 1.165) is 32.0 Å². The molecule has 2 fully saturated rings. The molecule has 1 heterocycles. The van der Waals surface area contributed by atoms with Crippen LogP contribution in [0.3, 0.4) is 0 Å². The number of Topliss-reactive ketones (excluding diaryl/α,β-unsaturated/α-hetero) is 2. The minimum atomic E-state index is -2.79. The van der Waals surface area contributed by atoms with Crippen molar-refractivity contribution in [3.05, 3.63) is 39.9 Å². The van der Waals surface area contributed by atoms with E-state index in [1.807, 2.05) is 4.90 Å². The minimum Gasteiger partial charge on any atom is -0.508 e. The number of nitrogens with two attached hydrogens (primary N) is 1. The van der Waals surface area contributed by atoms with Gasteiger partial charge in [0.15, 0.2) is 17.1 Å². The topological polar surface area (TPSA) is 194 Å². The van der Waals surface area contributed by atoms with Gasteiger partial charge in [-0.1, -0.05) is 0 Å². The minimum absolute atomic E-state index is 0. The van der Waals surface area contributed by atoms with Crippen LogP contribution < -0.4 is 11.1 Å². The smallest absolute Gasteiger partial charge is 0.255 e. The van der Waals surface area contributed by atoms with Gasteiger partial charge in [-0.15, -0.1) is 12.4 Å². The first-order valence-electron chi connectivity index (χ1n) is 13.0. The Morgan fingerprint density at radius 2 is 1.83 bits per heavy atom. The standard InChI is InChI=1S/C27H31FN4O8.ClH/c1-31(2)20-13-8-11-7-12-14(28)9-15(30-16(33)10-32-5-3-4-6-32)21(34)18(12)22(35)17(11)24(37)27(13,40)25(38)19(23(20)36)26(29)39;/h9,11,13,20,34-35,38,40H,3-8,10H2,1-2H3,(H2,29,39)(H,30,33);1H/t11-,13-,20-,27-;/m0./s1. The van der Waals surface area contributed by atoms with Crippen LogP contribution in [0.25, 0.3) is 5.76 Å². The highest BCUT2D eigenvalue weighted by atomic mass is 35.5. The number of phenolic OH excluding ortho intramolecular Hbond substituents is 1. The molecule has 4 atom stereocenters. The van der Waals surface area contributed by atoms with Crippen molar-refractivity contribution in [1.29, 1.82) is 0 Å². The third kappa shape index (κ3) is 4.56. The molecule has 1 saturated carbocycles. The van der Waals surface area contributed by atoms with Crippen LogP contribution >= 0.6 is 12.4 Å². The summed E-state index contributed by atoms with van der Waals surface area (Å²) < 4.78 is 15.4. The van der Waals surface area contributed by atoms with Gasteiger partial charge in [0.05, 0.1) is 23.8 Å². The molecule has 4 aliphatic rings. The average Bonchev–Trinajstić information content (AvgIpc) is 3.37. The molecule has 12 nitrogen and oxygen atoms in total.